The number of amides is 1. The standard InChI is InChI=1S/C19H28N2O3/c1-14(22)16-8-7-10-18(12-16)24-15(2)19(23)21-11-6-5-9-17(21)13-20(3)4/h7-8,10,12,15,17H,5-6,9,11,13H2,1-4H3/t15-,17-/m1/s1. The lowest BCUT2D eigenvalue weighted by atomic mass is 10.0. The van der Waals surface area contributed by atoms with E-state index in [-0.39, 0.29) is 17.7 Å². The molecule has 24 heavy (non-hydrogen) atoms. The SMILES string of the molecule is CC(=O)c1cccc(O[C@H](C)C(=O)N2CCCC[C@@H]2CN(C)C)c1. The van der Waals surface area contributed by atoms with Gasteiger partial charge in [-0.05, 0) is 59.3 Å². The van der Waals surface area contributed by atoms with Crippen molar-refractivity contribution in [2.45, 2.75) is 45.3 Å². The van der Waals surface area contributed by atoms with Crippen molar-refractivity contribution in [3.8, 4) is 5.75 Å². The first kappa shape index (κ1) is 18.5. The van der Waals surface area contributed by atoms with Gasteiger partial charge in [-0.1, -0.05) is 12.1 Å². The van der Waals surface area contributed by atoms with Gasteiger partial charge in [0, 0.05) is 24.7 Å². The molecule has 0 bridgehead atoms. The van der Waals surface area contributed by atoms with Crippen molar-refractivity contribution in [3.05, 3.63) is 29.8 Å². The Bertz CT molecular complexity index is 586. The lowest BCUT2D eigenvalue weighted by Crippen LogP contribution is -2.52. The van der Waals surface area contributed by atoms with E-state index in [1.165, 1.54) is 6.92 Å². The quantitative estimate of drug-likeness (QED) is 0.752. The van der Waals surface area contributed by atoms with E-state index in [0.29, 0.717) is 11.3 Å². The Morgan fingerprint density at radius 1 is 1.33 bits per heavy atom. The first-order valence-electron chi connectivity index (χ1n) is 8.61. The molecule has 0 saturated carbocycles. The number of carbonyl (C=O) groups is 2. The summed E-state index contributed by atoms with van der Waals surface area (Å²) in [6, 6.07) is 7.25. The minimum Gasteiger partial charge on any atom is -0.481 e. The monoisotopic (exact) mass is 332 g/mol. The van der Waals surface area contributed by atoms with Crippen LogP contribution in [0.25, 0.3) is 0 Å². The first-order chi connectivity index (χ1) is 11.4. The molecule has 5 nitrogen and oxygen atoms in total. The van der Waals surface area contributed by atoms with E-state index in [1.54, 1.807) is 31.2 Å². The van der Waals surface area contributed by atoms with E-state index in [4.69, 9.17) is 4.74 Å². The second kappa shape index (κ2) is 8.29. The molecule has 1 aliphatic rings. The first-order valence-corrected chi connectivity index (χ1v) is 8.61. The van der Waals surface area contributed by atoms with Gasteiger partial charge >= 0.3 is 0 Å². The van der Waals surface area contributed by atoms with Crippen LogP contribution >= 0.6 is 0 Å². The van der Waals surface area contributed by atoms with Crippen molar-refractivity contribution in [3.63, 3.8) is 0 Å². The van der Waals surface area contributed by atoms with Gasteiger partial charge in [-0.3, -0.25) is 9.59 Å². The Morgan fingerprint density at radius 3 is 2.75 bits per heavy atom. The summed E-state index contributed by atoms with van der Waals surface area (Å²) in [4.78, 5) is 28.4. The lowest BCUT2D eigenvalue weighted by molar-refractivity contribution is -0.142. The fraction of sp³-hybridized carbons (Fsp3) is 0.579. The zero-order chi connectivity index (χ0) is 17.7. The summed E-state index contributed by atoms with van der Waals surface area (Å²) in [6.07, 6.45) is 2.69. The molecule has 1 aromatic rings. The van der Waals surface area contributed by atoms with Gasteiger partial charge in [0.05, 0.1) is 0 Å². The normalized spacial score (nSPS) is 19.2. The van der Waals surface area contributed by atoms with Crippen molar-refractivity contribution in [2.24, 2.45) is 0 Å². The van der Waals surface area contributed by atoms with Gasteiger partial charge in [0.2, 0.25) is 0 Å². The molecular weight excluding hydrogens is 304 g/mol. The summed E-state index contributed by atoms with van der Waals surface area (Å²) in [5, 5.41) is 0. The number of piperidine rings is 1. The Morgan fingerprint density at radius 2 is 2.08 bits per heavy atom. The van der Waals surface area contributed by atoms with Gasteiger partial charge in [-0.25, -0.2) is 0 Å². The van der Waals surface area contributed by atoms with E-state index in [9.17, 15) is 9.59 Å². The number of nitrogens with zero attached hydrogens (tertiary/aromatic N) is 2. The topological polar surface area (TPSA) is 49.9 Å². The van der Waals surface area contributed by atoms with Crippen LogP contribution in [0.15, 0.2) is 24.3 Å². The molecule has 132 valence electrons. The number of rotatable bonds is 6. The molecule has 0 aliphatic carbocycles. The van der Waals surface area contributed by atoms with Gasteiger partial charge < -0.3 is 14.5 Å². The highest BCUT2D eigenvalue weighted by molar-refractivity contribution is 5.94. The second-order valence-electron chi connectivity index (χ2n) is 6.79. The number of ether oxygens (including phenoxy) is 1. The van der Waals surface area contributed by atoms with Crippen LogP contribution in [0.5, 0.6) is 5.75 Å². The van der Waals surface area contributed by atoms with Crippen molar-refractivity contribution < 1.29 is 14.3 Å². The highest BCUT2D eigenvalue weighted by atomic mass is 16.5. The van der Waals surface area contributed by atoms with Crippen LogP contribution in [0, 0.1) is 0 Å². The summed E-state index contributed by atoms with van der Waals surface area (Å²) < 4.78 is 5.82. The van der Waals surface area contributed by atoms with Gasteiger partial charge in [-0.15, -0.1) is 0 Å². The van der Waals surface area contributed by atoms with Crippen LogP contribution in [0.3, 0.4) is 0 Å². The fourth-order valence-corrected chi connectivity index (χ4v) is 3.18. The molecule has 1 fully saturated rings. The summed E-state index contributed by atoms with van der Waals surface area (Å²) in [5.41, 5.74) is 0.593. The van der Waals surface area contributed by atoms with Crippen LogP contribution in [0.2, 0.25) is 0 Å². The summed E-state index contributed by atoms with van der Waals surface area (Å²) in [7, 11) is 4.06. The predicted octanol–water partition coefficient (Wildman–Crippen LogP) is 2.60. The Labute approximate surface area is 144 Å². The lowest BCUT2D eigenvalue weighted by Gasteiger charge is -2.38. The molecule has 1 saturated heterocycles. The molecule has 1 amide bonds. The Hall–Kier alpha value is -1.88. The van der Waals surface area contributed by atoms with E-state index < -0.39 is 6.10 Å². The molecule has 5 heteroatoms. The third-order valence-corrected chi connectivity index (χ3v) is 4.39. The molecule has 0 spiro atoms. The summed E-state index contributed by atoms with van der Waals surface area (Å²) in [5.74, 6) is 0.570. The smallest absolute Gasteiger partial charge is 0.263 e. The molecule has 1 aliphatic heterocycles. The molecule has 1 aromatic carbocycles. The molecule has 2 rings (SSSR count). The van der Waals surface area contributed by atoms with Crippen LogP contribution in [-0.4, -0.2) is 60.8 Å². The second-order valence-corrected chi connectivity index (χ2v) is 6.79. The van der Waals surface area contributed by atoms with Crippen LogP contribution in [-0.2, 0) is 4.79 Å². The van der Waals surface area contributed by atoms with Crippen LogP contribution in [0.4, 0.5) is 0 Å². The number of Topliss-reactive ketones (excluding diaryl/α,β-unsaturated/α-hetero) is 1. The van der Waals surface area contributed by atoms with E-state index >= 15 is 0 Å². The number of carbonyl (C=O) groups excluding carboxylic acids is 2. The average Bonchev–Trinajstić information content (AvgIpc) is 2.54. The molecule has 0 aromatic heterocycles. The van der Waals surface area contributed by atoms with Crippen molar-refractivity contribution in [1.82, 2.24) is 9.80 Å². The molecule has 2 atom stereocenters. The van der Waals surface area contributed by atoms with Crippen molar-refractivity contribution >= 4 is 11.7 Å². The van der Waals surface area contributed by atoms with E-state index in [2.05, 4.69) is 4.90 Å². The summed E-state index contributed by atoms with van der Waals surface area (Å²) >= 11 is 0. The largest absolute Gasteiger partial charge is 0.481 e. The number of hydrogen-bond donors (Lipinski definition) is 0. The van der Waals surface area contributed by atoms with Crippen LogP contribution in [0.1, 0.15) is 43.5 Å². The van der Waals surface area contributed by atoms with Crippen molar-refractivity contribution in [1.29, 1.82) is 0 Å². The summed E-state index contributed by atoms with van der Waals surface area (Å²) in [6.45, 7) is 4.97. The molecule has 1 heterocycles. The molecule has 0 N–H and O–H groups in total. The fourth-order valence-electron chi connectivity index (χ4n) is 3.18. The number of benzene rings is 1. The van der Waals surface area contributed by atoms with Gasteiger partial charge in [0.1, 0.15) is 5.75 Å². The van der Waals surface area contributed by atoms with Crippen molar-refractivity contribution in [2.75, 3.05) is 27.2 Å². The zero-order valence-corrected chi connectivity index (χ0v) is 15.1. The number of hydrogen-bond acceptors (Lipinski definition) is 4. The van der Waals surface area contributed by atoms with E-state index in [1.807, 2.05) is 19.0 Å². The predicted molar refractivity (Wildman–Crippen MR) is 94.4 cm³/mol. The third kappa shape index (κ3) is 4.81. The maximum absolute atomic E-state index is 12.8. The average molecular weight is 332 g/mol. The number of likely N-dealkylation sites (N-methyl/N-ethyl adjacent to an activating group) is 1. The maximum Gasteiger partial charge on any atom is 0.263 e. The number of ketones is 1. The van der Waals surface area contributed by atoms with Gasteiger partial charge in [0.15, 0.2) is 11.9 Å². The van der Waals surface area contributed by atoms with Crippen LogP contribution < -0.4 is 4.74 Å². The highest BCUT2D eigenvalue weighted by Gasteiger charge is 2.30. The third-order valence-electron chi connectivity index (χ3n) is 4.39. The van der Waals surface area contributed by atoms with Gasteiger partial charge in [0.25, 0.3) is 5.91 Å². The van der Waals surface area contributed by atoms with E-state index in [0.717, 1.165) is 32.4 Å². The Balaban J connectivity index is 2.05. The maximum atomic E-state index is 12.8. The highest BCUT2D eigenvalue weighted by Crippen LogP contribution is 2.21. The Kier molecular flexibility index (Phi) is 6.37. The molecular formula is C19H28N2O3. The van der Waals surface area contributed by atoms with Gasteiger partial charge in [-0.2, -0.15) is 0 Å². The molecule has 0 unspecified atom stereocenters. The zero-order valence-electron chi connectivity index (χ0n) is 15.1. The minimum atomic E-state index is -0.560. The minimum absolute atomic E-state index is 0.0125. The molecule has 0 radical (unpaired) electrons. The number of likely N-dealkylation sites (tertiary alicyclic amines) is 1.